The normalized spacial score (nSPS) is 19.7. The number of hydrogen-bond acceptors (Lipinski definition) is 3. The van der Waals surface area contributed by atoms with Gasteiger partial charge in [-0.1, -0.05) is 18.2 Å². The number of carbonyl (C=O) groups is 1. The number of para-hydroxylation sites is 1. The molecular formula is C15H21NO3. The van der Waals surface area contributed by atoms with Gasteiger partial charge in [-0.15, -0.1) is 0 Å². The maximum atomic E-state index is 12.3. The van der Waals surface area contributed by atoms with E-state index >= 15 is 0 Å². The zero-order chi connectivity index (χ0) is 14.0. The number of nitrogens with zero attached hydrogens (tertiary/aromatic N) is 1. The van der Waals surface area contributed by atoms with E-state index in [1.807, 2.05) is 0 Å². The second-order valence-corrected chi connectivity index (χ2v) is 5.70. The van der Waals surface area contributed by atoms with Crippen LogP contribution in [0.5, 0.6) is 5.75 Å². The van der Waals surface area contributed by atoms with Crippen molar-refractivity contribution in [3.8, 4) is 5.75 Å². The molecule has 104 valence electrons. The van der Waals surface area contributed by atoms with E-state index in [1.165, 1.54) is 0 Å². The van der Waals surface area contributed by atoms with Crippen molar-refractivity contribution in [3.05, 3.63) is 29.8 Å². The van der Waals surface area contributed by atoms with Crippen LogP contribution in [-0.4, -0.2) is 39.2 Å². The van der Waals surface area contributed by atoms with Crippen LogP contribution in [0, 0.1) is 0 Å². The van der Waals surface area contributed by atoms with Crippen LogP contribution in [0.4, 0.5) is 0 Å². The number of aromatic hydroxyl groups is 1. The summed E-state index contributed by atoms with van der Waals surface area (Å²) in [6, 6.07) is 6.74. The molecule has 1 unspecified atom stereocenters. The van der Waals surface area contributed by atoms with Crippen LogP contribution in [0.2, 0.25) is 0 Å². The molecule has 1 saturated heterocycles. The lowest BCUT2D eigenvalue weighted by Crippen LogP contribution is -2.48. The second kappa shape index (κ2) is 5.21. The molecule has 4 heteroatoms. The van der Waals surface area contributed by atoms with Crippen molar-refractivity contribution in [1.82, 2.24) is 4.90 Å². The Morgan fingerprint density at radius 3 is 2.74 bits per heavy atom. The summed E-state index contributed by atoms with van der Waals surface area (Å²) in [6.45, 7) is 4.16. The fourth-order valence-corrected chi connectivity index (χ4v) is 2.72. The Balaban J connectivity index is 2.10. The van der Waals surface area contributed by atoms with E-state index in [1.54, 1.807) is 43.0 Å². The van der Waals surface area contributed by atoms with E-state index < -0.39 is 5.60 Å². The smallest absolute Gasteiger partial charge is 0.227 e. The summed E-state index contributed by atoms with van der Waals surface area (Å²) in [5.74, 6) is 0.112. The third-order valence-electron chi connectivity index (χ3n) is 3.72. The average molecular weight is 263 g/mol. The monoisotopic (exact) mass is 263 g/mol. The quantitative estimate of drug-likeness (QED) is 0.872. The molecule has 2 N–H and O–H groups in total. The van der Waals surface area contributed by atoms with Crippen LogP contribution in [-0.2, 0) is 11.2 Å². The second-order valence-electron chi connectivity index (χ2n) is 5.70. The van der Waals surface area contributed by atoms with Gasteiger partial charge in [-0.05, 0) is 32.8 Å². The van der Waals surface area contributed by atoms with Gasteiger partial charge >= 0.3 is 0 Å². The molecule has 1 heterocycles. The van der Waals surface area contributed by atoms with Crippen LogP contribution in [0.1, 0.15) is 32.3 Å². The van der Waals surface area contributed by atoms with Crippen LogP contribution in [0.25, 0.3) is 0 Å². The third kappa shape index (κ3) is 3.07. The fraction of sp³-hybridized carbons (Fsp3) is 0.533. The van der Waals surface area contributed by atoms with E-state index in [2.05, 4.69) is 0 Å². The van der Waals surface area contributed by atoms with E-state index in [0.29, 0.717) is 12.1 Å². The first-order chi connectivity index (χ1) is 8.89. The Kier molecular flexibility index (Phi) is 3.80. The highest BCUT2D eigenvalue weighted by atomic mass is 16.3. The number of phenolic OH excluding ortho intramolecular Hbond substituents is 1. The largest absolute Gasteiger partial charge is 0.508 e. The van der Waals surface area contributed by atoms with Gasteiger partial charge < -0.3 is 15.1 Å². The van der Waals surface area contributed by atoms with Crippen molar-refractivity contribution >= 4 is 5.91 Å². The average Bonchev–Trinajstić information content (AvgIpc) is 2.81. The van der Waals surface area contributed by atoms with Crippen LogP contribution < -0.4 is 0 Å². The molecule has 1 atom stereocenters. The van der Waals surface area contributed by atoms with Crippen LogP contribution in [0.3, 0.4) is 0 Å². The zero-order valence-electron chi connectivity index (χ0n) is 11.5. The predicted molar refractivity (Wildman–Crippen MR) is 72.8 cm³/mol. The molecule has 1 aromatic rings. The third-order valence-corrected chi connectivity index (χ3v) is 3.72. The first-order valence-electron chi connectivity index (χ1n) is 6.68. The van der Waals surface area contributed by atoms with Crippen molar-refractivity contribution in [1.29, 1.82) is 0 Å². The highest BCUT2D eigenvalue weighted by Gasteiger charge is 2.38. The number of hydrogen-bond donors (Lipinski definition) is 2. The van der Waals surface area contributed by atoms with Gasteiger partial charge in [0, 0.05) is 12.1 Å². The Labute approximate surface area is 113 Å². The molecule has 0 aromatic heterocycles. The van der Waals surface area contributed by atoms with Gasteiger partial charge in [0.05, 0.1) is 18.1 Å². The maximum Gasteiger partial charge on any atom is 0.227 e. The van der Waals surface area contributed by atoms with Gasteiger partial charge in [0.25, 0.3) is 0 Å². The van der Waals surface area contributed by atoms with Gasteiger partial charge in [0.1, 0.15) is 5.75 Å². The molecule has 0 bridgehead atoms. The van der Waals surface area contributed by atoms with Crippen molar-refractivity contribution in [2.24, 2.45) is 0 Å². The molecule has 1 aliphatic rings. The summed E-state index contributed by atoms with van der Waals surface area (Å²) in [5, 5.41) is 19.8. The Hall–Kier alpha value is -1.55. The first-order valence-corrected chi connectivity index (χ1v) is 6.68. The molecular weight excluding hydrogens is 242 g/mol. The summed E-state index contributed by atoms with van der Waals surface area (Å²) in [7, 11) is 0. The summed E-state index contributed by atoms with van der Waals surface area (Å²) in [5.41, 5.74) is -0.251. The number of phenols is 1. The van der Waals surface area contributed by atoms with Crippen molar-refractivity contribution in [2.75, 3.05) is 6.54 Å². The Morgan fingerprint density at radius 1 is 1.42 bits per heavy atom. The standard InChI is InChI=1S/C15H21NO3/c1-15(2,19)13-8-5-9-16(13)14(18)10-11-6-3-4-7-12(11)17/h3-4,6-7,13,17,19H,5,8-10H2,1-2H3. The summed E-state index contributed by atoms with van der Waals surface area (Å²) < 4.78 is 0. The highest BCUT2D eigenvalue weighted by Crippen LogP contribution is 2.28. The van der Waals surface area contributed by atoms with Crippen molar-refractivity contribution < 1.29 is 15.0 Å². The van der Waals surface area contributed by atoms with Gasteiger partial charge in [0.15, 0.2) is 0 Å². The van der Waals surface area contributed by atoms with Crippen LogP contribution in [0.15, 0.2) is 24.3 Å². The minimum Gasteiger partial charge on any atom is -0.508 e. The molecule has 0 spiro atoms. The predicted octanol–water partition coefficient (Wildman–Crippen LogP) is 1.70. The molecule has 19 heavy (non-hydrogen) atoms. The lowest BCUT2D eigenvalue weighted by Gasteiger charge is -2.34. The molecule has 0 saturated carbocycles. The molecule has 1 fully saturated rings. The lowest BCUT2D eigenvalue weighted by atomic mass is 9.96. The maximum absolute atomic E-state index is 12.3. The highest BCUT2D eigenvalue weighted by molar-refractivity contribution is 5.80. The minimum atomic E-state index is -0.884. The SMILES string of the molecule is CC(C)(O)C1CCCN1C(=O)Cc1ccccc1O. The number of benzene rings is 1. The van der Waals surface area contributed by atoms with Crippen molar-refractivity contribution in [2.45, 2.75) is 44.8 Å². The lowest BCUT2D eigenvalue weighted by molar-refractivity contribution is -0.135. The summed E-state index contributed by atoms with van der Waals surface area (Å²) in [4.78, 5) is 14.1. The Bertz CT molecular complexity index is 465. The summed E-state index contributed by atoms with van der Waals surface area (Å²) >= 11 is 0. The fourth-order valence-electron chi connectivity index (χ4n) is 2.72. The van der Waals surface area contributed by atoms with Crippen molar-refractivity contribution in [3.63, 3.8) is 0 Å². The molecule has 0 aliphatic carbocycles. The Morgan fingerprint density at radius 2 is 2.11 bits per heavy atom. The molecule has 1 aliphatic heterocycles. The van der Waals surface area contributed by atoms with Gasteiger partial charge in [-0.2, -0.15) is 0 Å². The van der Waals surface area contributed by atoms with E-state index in [4.69, 9.17) is 0 Å². The first kappa shape index (κ1) is 13.9. The zero-order valence-corrected chi connectivity index (χ0v) is 11.5. The molecule has 4 nitrogen and oxygen atoms in total. The van der Waals surface area contributed by atoms with E-state index in [0.717, 1.165) is 12.8 Å². The van der Waals surface area contributed by atoms with Gasteiger partial charge in [0.2, 0.25) is 5.91 Å². The van der Waals surface area contributed by atoms with Crippen LogP contribution >= 0.6 is 0 Å². The molecule has 1 aromatic carbocycles. The van der Waals surface area contributed by atoms with Gasteiger partial charge in [-0.25, -0.2) is 0 Å². The molecule has 2 rings (SSSR count). The topological polar surface area (TPSA) is 60.8 Å². The number of rotatable bonds is 3. The molecule has 1 amide bonds. The number of amides is 1. The van der Waals surface area contributed by atoms with Gasteiger partial charge in [-0.3, -0.25) is 4.79 Å². The molecule has 0 radical (unpaired) electrons. The number of aliphatic hydroxyl groups is 1. The minimum absolute atomic E-state index is 0.0360. The number of carbonyl (C=O) groups excluding carboxylic acids is 1. The summed E-state index contributed by atoms with van der Waals surface area (Å²) in [6.07, 6.45) is 1.93. The number of likely N-dealkylation sites (tertiary alicyclic amines) is 1. The van der Waals surface area contributed by atoms with E-state index in [9.17, 15) is 15.0 Å². The van der Waals surface area contributed by atoms with E-state index in [-0.39, 0.29) is 24.1 Å².